The molecule has 1 rings (SSSR count). The number of anilines is 1. The molecule has 1 aromatic rings. The maximum atomic E-state index is 12.5. The zero-order chi connectivity index (χ0) is 15.3. The first-order valence-electron chi connectivity index (χ1n) is 5.77. The summed E-state index contributed by atoms with van der Waals surface area (Å²) in [6.07, 6.45) is -4.10. The minimum Gasteiger partial charge on any atom is -0.328 e. The lowest BCUT2D eigenvalue weighted by molar-refractivity contribution is -0.140. The second-order valence-corrected chi connectivity index (χ2v) is 4.42. The molecule has 0 unspecified atom stereocenters. The first kappa shape index (κ1) is 16.5. The number of hydrazine groups is 1. The summed E-state index contributed by atoms with van der Waals surface area (Å²) < 4.78 is 37.4. The molecule has 0 radical (unpaired) electrons. The lowest BCUT2D eigenvalue weighted by Gasteiger charge is -2.23. The van der Waals surface area contributed by atoms with Crippen LogP contribution in [0.1, 0.15) is 23.8 Å². The van der Waals surface area contributed by atoms with Crippen molar-refractivity contribution >= 4 is 23.3 Å². The van der Waals surface area contributed by atoms with Crippen molar-refractivity contribution in [2.45, 2.75) is 19.5 Å². The van der Waals surface area contributed by atoms with E-state index in [1.807, 2.05) is 0 Å². The number of nitrogen functional groups attached to an aromatic ring is 1. The molecule has 1 amide bonds. The molecule has 5 nitrogen and oxygen atoms in total. The molecule has 0 atom stereocenters. The van der Waals surface area contributed by atoms with Gasteiger partial charge < -0.3 is 10.3 Å². The van der Waals surface area contributed by atoms with Crippen LogP contribution in [0.5, 0.6) is 0 Å². The second kappa shape index (κ2) is 6.76. The van der Waals surface area contributed by atoms with Crippen LogP contribution in [0.15, 0.2) is 12.1 Å². The van der Waals surface area contributed by atoms with Crippen molar-refractivity contribution < 1.29 is 18.0 Å². The molecule has 1 heterocycles. The molecule has 0 aliphatic heterocycles. The van der Waals surface area contributed by atoms with Crippen LogP contribution in [0.4, 0.5) is 19.0 Å². The summed E-state index contributed by atoms with van der Waals surface area (Å²) in [7, 11) is 0. The summed E-state index contributed by atoms with van der Waals surface area (Å²) in [6.45, 7) is 0.276. The molecule has 0 aliphatic carbocycles. The molecule has 112 valence electrons. The summed E-state index contributed by atoms with van der Waals surface area (Å²) in [5.74, 6) is 4.40. The van der Waals surface area contributed by atoms with Crippen LogP contribution in [0.2, 0.25) is 5.02 Å². The van der Waals surface area contributed by atoms with Crippen molar-refractivity contribution in [3.05, 3.63) is 22.8 Å². The molecule has 0 fully saturated rings. The Hall–Kier alpha value is -1.54. The fourth-order valence-electron chi connectivity index (χ4n) is 1.56. The van der Waals surface area contributed by atoms with Gasteiger partial charge in [0.2, 0.25) is 0 Å². The second-order valence-electron chi connectivity index (χ2n) is 4.01. The fourth-order valence-corrected chi connectivity index (χ4v) is 1.75. The van der Waals surface area contributed by atoms with E-state index >= 15 is 0 Å². The lowest BCUT2D eigenvalue weighted by atomic mass is 10.3. The van der Waals surface area contributed by atoms with Crippen LogP contribution >= 0.6 is 11.6 Å². The smallest absolute Gasteiger partial charge is 0.328 e. The van der Waals surface area contributed by atoms with Gasteiger partial charge >= 0.3 is 6.18 Å². The van der Waals surface area contributed by atoms with E-state index in [1.165, 1.54) is 12.1 Å². The Bertz CT molecular complexity index is 481. The van der Waals surface area contributed by atoms with E-state index in [9.17, 15) is 18.0 Å². The molecule has 20 heavy (non-hydrogen) atoms. The highest BCUT2D eigenvalue weighted by atomic mass is 35.5. The number of amides is 1. The normalized spacial score (nSPS) is 11.3. The number of halogens is 4. The molecule has 0 spiro atoms. The third-order valence-corrected chi connectivity index (χ3v) is 2.65. The molecule has 1 aromatic heterocycles. The number of nitrogens with two attached hydrogens (primary N) is 1. The first-order chi connectivity index (χ1) is 9.28. The summed E-state index contributed by atoms with van der Waals surface area (Å²) in [5.41, 5.74) is 1.94. The van der Waals surface area contributed by atoms with Gasteiger partial charge in [-0.2, -0.15) is 13.2 Å². The zero-order valence-corrected chi connectivity index (χ0v) is 11.4. The zero-order valence-electron chi connectivity index (χ0n) is 10.7. The van der Waals surface area contributed by atoms with Crippen LogP contribution in [0, 0.1) is 0 Å². The predicted octanol–water partition coefficient (Wildman–Crippen LogP) is 2.44. The van der Waals surface area contributed by atoms with E-state index in [2.05, 4.69) is 10.4 Å². The number of alkyl halides is 3. The van der Waals surface area contributed by atoms with Gasteiger partial charge in [-0.05, 0) is 18.6 Å². The fraction of sp³-hybridized carbons (Fsp3) is 0.455. The molecule has 0 aliphatic rings. The van der Waals surface area contributed by atoms with Gasteiger partial charge in [-0.3, -0.25) is 4.79 Å². The average molecular weight is 311 g/mol. The summed E-state index contributed by atoms with van der Waals surface area (Å²) in [6, 6.07) is 2.75. The molecule has 9 heteroatoms. The quantitative estimate of drug-likeness (QED) is 0.647. The Labute approximate surface area is 118 Å². The average Bonchev–Trinajstić information content (AvgIpc) is 2.36. The van der Waals surface area contributed by atoms with Gasteiger partial charge in [0.05, 0.1) is 5.02 Å². The van der Waals surface area contributed by atoms with Crippen molar-refractivity contribution in [1.82, 2.24) is 9.88 Å². The molecular weight excluding hydrogens is 297 g/mol. The van der Waals surface area contributed by atoms with Crippen molar-refractivity contribution in [3.63, 3.8) is 0 Å². The number of hydrogen-bond acceptors (Lipinski definition) is 4. The van der Waals surface area contributed by atoms with Gasteiger partial charge in [0, 0.05) is 6.54 Å². The van der Waals surface area contributed by atoms with E-state index < -0.39 is 18.6 Å². The van der Waals surface area contributed by atoms with Crippen LogP contribution in [-0.2, 0) is 0 Å². The van der Waals surface area contributed by atoms with Crippen LogP contribution < -0.4 is 11.3 Å². The highest BCUT2D eigenvalue weighted by Crippen LogP contribution is 2.22. The van der Waals surface area contributed by atoms with Crippen molar-refractivity contribution in [2.24, 2.45) is 5.84 Å². The van der Waals surface area contributed by atoms with E-state index in [0.717, 1.165) is 0 Å². The number of nitrogens with zero attached hydrogens (tertiary/aromatic N) is 2. The molecule has 0 saturated carbocycles. The maximum absolute atomic E-state index is 12.5. The topological polar surface area (TPSA) is 71.2 Å². The van der Waals surface area contributed by atoms with Crippen molar-refractivity contribution in [1.29, 1.82) is 0 Å². The Morgan fingerprint density at radius 2 is 2.15 bits per heavy atom. The van der Waals surface area contributed by atoms with Crippen molar-refractivity contribution in [2.75, 3.05) is 18.5 Å². The number of nitrogens with one attached hydrogen (secondary N) is 1. The van der Waals surface area contributed by atoms with Gasteiger partial charge in [-0.1, -0.05) is 18.5 Å². The number of hydrogen-bond donors (Lipinski definition) is 2. The largest absolute Gasteiger partial charge is 0.406 e. The Morgan fingerprint density at radius 1 is 1.50 bits per heavy atom. The van der Waals surface area contributed by atoms with Gasteiger partial charge in [-0.25, -0.2) is 10.8 Å². The third-order valence-electron chi connectivity index (χ3n) is 2.35. The van der Waals surface area contributed by atoms with Gasteiger partial charge in [0.15, 0.2) is 0 Å². The van der Waals surface area contributed by atoms with Gasteiger partial charge in [-0.15, -0.1) is 0 Å². The number of carbonyl (C=O) groups excluding carboxylic acids is 1. The summed E-state index contributed by atoms with van der Waals surface area (Å²) >= 11 is 5.80. The molecular formula is C11H14ClF3N4O. The number of pyridine rings is 1. The monoisotopic (exact) mass is 310 g/mol. The predicted molar refractivity (Wildman–Crippen MR) is 69.3 cm³/mol. The van der Waals surface area contributed by atoms with E-state index in [4.69, 9.17) is 17.4 Å². The summed E-state index contributed by atoms with van der Waals surface area (Å²) in [4.78, 5) is 16.6. The SMILES string of the molecule is CCCN(CC(F)(F)F)C(=O)c1nc(NN)ccc1Cl. The minimum absolute atomic E-state index is 0.0303. The Kier molecular flexibility index (Phi) is 5.58. The standard InChI is InChI=1S/C11H14ClF3N4O/c1-2-5-19(6-11(13,14)15)10(20)9-7(12)3-4-8(17-9)18-16/h3-4H,2,5-6,16H2,1H3,(H,17,18). The van der Waals surface area contributed by atoms with E-state index in [0.29, 0.717) is 11.3 Å². The number of carbonyl (C=O) groups is 1. The molecule has 0 bridgehead atoms. The molecule has 3 N–H and O–H groups in total. The van der Waals surface area contributed by atoms with E-state index in [1.54, 1.807) is 6.92 Å². The Balaban J connectivity index is 3.05. The number of aromatic nitrogens is 1. The van der Waals surface area contributed by atoms with Crippen molar-refractivity contribution in [3.8, 4) is 0 Å². The van der Waals surface area contributed by atoms with Crippen LogP contribution in [0.25, 0.3) is 0 Å². The summed E-state index contributed by atoms with van der Waals surface area (Å²) in [5, 5.41) is -0.0303. The minimum atomic E-state index is -4.49. The van der Waals surface area contributed by atoms with E-state index in [-0.39, 0.29) is 23.1 Å². The Morgan fingerprint density at radius 3 is 2.65 bits per heavy atom. The number of rotatable bonds is 5. The van der Waals surface area contributed by atoms with Gasteiger partial charge in [0.25, 0.3) is 5.91 Å². The maximum Gasteiger partial charge on any atom is 0.406 e. The molecule has 0 saturated heterocycles. The van der Waals surface area contributed by atoms with Gasteiger partial charge in [0.1, 0.15) is 18.1 Å². The molecule has 0 aromatic carbocycles. The highest BCUT2D eigenvalue weighted by Gasteiger charge is 2.34. The first-order valence-corrected chi connectivity index (χ1v) is 6.15. The highest BCUT2D eigenvalue weighted by molar-refractivity contribution is 6.33. The van der Waals surface area contributed by atoms with Crippen LogP contribution in [0.3, 0.4) is 0 Å². The van der Waals surface area contributed by atoms with Crippen LogP contribution in [-0.4, -0.2) is 35.1 Å². The lowest BCUT2D eigenvalue weighted by Crippen LogP contribution is -2.40. The third kappa shape index (κ3) is 4.53.